The molecule has 0 spiro atoms. The molecule has 1 aromatic heterocycles. The summed E-state index contributed by atoms with van der Waals surface area (Å²) in [5.41, 5.74) is 1.06. The first-order valence-electron chi connectivity index (χ1n) is 10.7. The minimum atomic E-state index is -0.177. The molecule has 7 heteroatoms. The van der Waals surface area contributed by atoms with Gasteiger partial charge in [0.15, 0.2) is 5.96 Å². The number of nitrogens with one attached hydrogen (secondary N) is 2. The van der Waals surface area contributed by atoms with Gasteiger partial charge in [-0.15, -0.1) is 0 Å². The van der Waals surface area contributed by atoms with Gasteiger partial charge in [0.1, 0.15) is 17.3 Å². The molecule has 2 fully saturated rings. The quantitative estimate of drug-likeness (QED) is 0.539. The monoisotopic (exact) mass is 414 g/mol. The summed E-state index contributed by atoms with van der Waals surface area (Å²) in [5, 5.41) is 6.91. The Bertz CT molecular complexity index is 872. The Hall–Kier alpha value is -2.38. The summed E-state index contributed by atoms with van der Waals surface area (Å²) in [6, 6.07) is 11.1. The lowest BCUT2D eigenvalue weighted by Gasteiger charge is -2.33. The highest BCUT2D eigenvalue weighted by Crippen LogP contribution is 2.47. The van der Waals surface area contributed by atoms with Crippen molar-refractivity contribution in [2.24, 2.45) is 4.99 Å². The molecular weight excluding hydrogens is 383 g/mol. The topological polar surface area (TPSA) is 62.0 Å². The number of hydrogen-bond donors (Lipinski definition) is 2. The maximum atomic E-state index is 13.7. The maximum absolute atomic E-state index is 13.7. The molecule has 2 N–H and O–H groups in total. The van der Waals surface area contributed by atoms with Gasteiger partial charge in [-0.25, -0.2) is 4.39 Å². The van der Waals surface area contributed by atoms with Crippen LogP contribution < -0.4 is 10.6 Å². The van der Waals surface area contributed by atoms with E-state index in [1.54, 1.807) is 19.2 Å². The highest BCUT2D eigenvalue weighted by atomic mass is 19.1. The van der Waals surface area contributed by atoms with Crippen molar-refractivity contribution in [1.82, 2.24) is 15.5 Å². The van der Waals surface area contributed by atoms with Crippen molar-refractivity contribution < 1.29 is 13.5 Å². The van der Waals surface area contributed by atoms with Crippen LogP contribution in [0.3, 0.4) is 0 Å². The fraction of sp³-hybridized carbons (Fsp3) is 0.522. The number of aliphatic imine (C=N–C) groups is 1. The molecule has 1 unspecified atom stereocenters. The van der Waals surface area contributed by atoms with Gasteiger partial charge in [-0.05, 0) is 49.6 Å². The number of furan rings is 1. The van der Waals surface area contributed by atoms with Gasteiger partial charge in [-0.3, -0.25) is 9.89 Å². The first kappa shape index (κ1) is 20.9. The lowest BCUT2D eigenvalue weighted by atomic mass is 9.96. The van der Waals surface area contributed by atoms with Crippen molar-refractivity contribution in [2.45, 2.75) is 31.2 Å². The smallest absolute Gasteiger partial charge is 0.191 e. The molecule has 2 heterocycles. The number of guanidine groups is 1. The first-order chi connectivity index (χ1) is 14.6. The predicted octanol–water partition coefficient (Wildman–Crippen LogP) is 3.00. The standard InChI is InChI=1S/C23H31FN4O2/c1-17-6-7-21(30-17)20(28-10-12-29-13-11-28)15-26-22(25-2)27-16-23(8-9-23)18-4-3-5-19(24)14-18/h3-7,14,20H,8-13,15-16H2,1-2H3,(H2,25,26,27). The fourth-order valence-electron chi connectivity index (χ4n) is 4.13. The van der Waals surface area contributed by atoms with E-state index in [1.807, 2.05) is 19.1 Å². The second-order valence-corrected chi connectivity index (χ2v) is 8.21. The fourth-order valence-corrected chi connectivity index (χ4v) is 4.13. The number of benzene rings is 1. The Morgan fingerprint density at radius 3 is 2.63 bits per heavy atom. The molecule has 2 aliphatic rings. The molecule has 4 rings (SSSR count). The SMILES string of the molecule is CN=C(NCC(c1ccc(C)o1)N1CCOCC1)NCC1(c2cccc(F)c2)CC1. The van der Waals surface area contributed by atoms with Crippen LogP contribution in [-0.4, -0.2) is 57.3 Å². The summed E-state index contributed by atoms with van der Waals surface area (Å²) in [6.45, 7) is 6.60. The van der Waals surface area contributed by atoms with Gasteiger partial charge >= 0.3 is 0 Å². The highest BCUT2D eigenvalue weighted by Gasteiger charge is 2.44. The van der Waals surface area contributed by atoms with Crippen molar-refractivity contribution in [3.63, 3.8) is 0 Å². The van der Waals surface area contributed by atoms with E-state index in [0.29, 0.717) is 6.54 Å². The summed E-state index contributed by atoms with van der Waals surface area (Å²) in [5.74, 6) is 2.44. The number of hydrogen-bond acceptors (Lipinski definition) is 4. The summed E-state index contributed by atoms with van der Waals surface area (Å²) in [7, 11) is 1.78. The minimum Gasteiger partial charge on any atom is -0.465 e. The van der Waals surface area contributed by atoms with Gasteiger partial charge in [0.05, 0.1) is 19.3 Å². The maximum Gasteiger partial charge on any atom is 0.191 e. The summed E-state index contributed by atoms with van der Waals surface area (Å²) < 4.78 is 25.1. The Morgan fingerprint density at radius 2 is 2.00 bits per heavy atom. The normalized spacial score (nSPS) is 20.0. The van der Waals surface area contributed by atoms with E-state index in [2.05, 4.69) is 26.6 Å². The summed E-state index contributed by atoms with van der Waals surface area (Å²) in [4.78, 5) is 6.78. The van der Waals surface area contributed by atoms with Crippen LogP contribution >= 0.6 is 0 Å². The van der Waals surface area contributed by atoms with Crippen LogP contribution in [0.25, 0.3) is 0 Å². The molecule has 1 aromatic carbocycles. The van der Waals surface area contributed by atoms with Crippen molar-refractivity contribution >= 4 is 5.96 Å². The molecule has 6 nitrogen and oxygen atoms in total. The molecule has 0 bridgehead atoms. The van der Waals surface area contributed by atoms with Crippen LogP contribution in [0.1, 0.15) is 36.0 Å². The number of nitrogens with zero attached hydrogens (tertiary/aromatic N) is 2. The number of morpholine rings is 1. The number of halogens is 1. The zero-order valence-corrected chi connectivity index (χ0v) is 17.8. The molecule has 1 aliphatic carbocycles. The van der Waals surface area contributed by atoms with E-state index in [-0.39, 0.29) is 17.3 Å². The predicted molar refractivity (Wildman–Crippen MR) is 115 cm³/mol. The average molecular weight is 415 g/mol. The third-order valence-corrected chi connectivity index (χ3v) is 6.15. The summed E-state index contributed by atoms with van der Waals surface area (Å²) in [6.07, 6.45) is 2.12. The zero-order chi connectivity index (χ0) is 21.0. The number of rotatable bonds is 7. The van der Waals surface area contributed by atoms with Gasteiger partial charge in [0.25, 0.3) is 0 Å². The molecule has 0 radical (unpaired) electrons. The molecule has 1 aliphatic heterocycles. The van der Waals surface area contributed by atoms with Gasteiger partial charge < -0.3 is 19.8 Å². The second-order valence-electron chi connectivity index (χ2n) is 8.21. The van der Waals surface area contributed by atoms with E-state index in [9.17, 15) is 4.39 Å². The minimum absolute atomic E-state index is 0.00144. The number of ether oxygens (including phenoxy) is 1. The van der Waals surface area contributed by atoms with Crippen LogP contribution in [0.2, 0.25) is 0 Å². The van der Waals surface area contributed by atoms with Crippen molar-refractivity contribution in [3.05, 3.63) is 59.3 Å². The van der Waals surface area contributed by atoms with Crippen LogP contribution in [0.5, 0.6) is 0 Å². The van der Waals surface area contributed by atoms with Crippen molar-refractivity contribution in [3.8, 4) is 0 Å². The van der Waals surface area contributed by atoms with E-state index in [4.69, 9.17) is 9.15 Å². The molecule has 2 aromatic rings. The van der Waals surface area contributed by atoms with Crippen LogP contribution in [-0.2, 0) is 10.2 Å². The summed E-state index contributed by atoms with van der Waals surface area (Å²) >= 11 is 0. The third kappa shape index (κ3) is 4.84. The van der Waals surface area contributed by atoms with Gasteiger partial charge in [0.2, 0.25) is 0 Å². The Morgan fingerprint density at radius 1 is 1.20 bits per heavy atom. The van der Waals surface area contributed by atoms with Crippen LogP contribution in [0.15, 0.2) is 45.8 Å². The van der Waals surface area contributed by atoms with Gasteiger partial charge in [0, 0.05) is 38.6 Å². The molecule has 1 atom stereocenters. The third-order valence-electron chi connectivity index (χ3n) is 6.15. The van der Waals surface area contributed by atoms with E-state index in [1.165, 1.54) is 6.07 Å². The lowest BCUT2D eigenvalue weighted by Crippen LogP contribution is -2.47. The van der Waals surface area contributed by atoms with E-state index >= 15 is 0 Å². The largest absolute Gasteiger partial charge is 0.465 e. The molecular formula is C23H31FN4O2. The molecule has 1 saturated heterocycles. The van der Waals surface area contributed by atoms with Crippen molar-refractivity contribution in [1.29, 1.82) is 0 Å². The molecule has 0 amide bonds. The van der Waals surface area contributed by atoms with E-state index < -0.39 is 0 Å². The Kier molecular flexibility index (Phi) is 6.39. The van der Waals surface area contributed by atoms with Gasteiger partial charge in [-0.2, -0.15) is 0 Å². The van der Waals surface area contributed by atoms with Crippen LogP contribution in [0.4, 0.5) is 4.39 Å². The first-order valence-corrected chi connectivity index (χ1v) is 10.7. The van der Waals surface area contributed by atoms with E-state index in [0.717, 1.165) is 68.7 Å². The lowest BCUT2D eigenvalue weighted by molar-refractivity contribution is 0.0124. The van der Waals surface area contributed by atoms with Crippen molar-refractivity contribution in [2.75, 3.05) is 46.4 Å². The second kappa shape index (κ2) is 9.18. The molecule has 1 saturated carbocycles. The van der Waals surface area contributed by atoms with Gasteiger partial charge in [-0.1, -0.05) is 12.1 Å². The molecule has 162 valence electrons. The average Bonchev–Trinajstić information content (AvgIpc) is 3.45. The van der Waals surface area contributed by atoms with Crippen LogP contribution in [0, 0.1) is 12.7 Å². The molecule has 30 heavy (non-hydrogen) atoms. The Balaban J connectivity index is 1.37. The number of aryl methyl sites for hydroxylation is 1. The Labute approximate surface area is 177 Å². The highest BCUT2D eigenvalue weighted by molar-refractivity contribution is 5.79. The zero-order valence-electron chi connectivity index (χ0n) is 17.8.